The highest BCUT2D eigenvalue weighted by molar-refractivity contribution is 7.89. The van der Waals surface area contributed by atoms with Crippen LogP contribution in [0.5, 0.6) is 5.75 Å². The predicted molar refractivity (Wildman–Crippen MR) is 75.1 cm³/mol. The van der Waals surface area contributed by atoms with E-state index in [1.807, 2.05) is 4.89 Å². The number of nitrogens with zero attached hydrogens (tertiary/aromatic N) is 2. The number of aryl methyl sites for hydroxylation is 2. The van der Waals surface area contributed by atoms with Crippen molar-refractivity contribution in [3.8, 4) is 5.75 Å². The lowest BCUT2D eigenvalue weighted by Crippen LogP contribution is -2.28. The van der Waals surface area contributed by atoms with Crippen LogP contribution in [0.1, 0.15) is 17.0 Å². The molecule has 1 aromatic heterocycles. The topological polar surface area (TPSA) is 73.2 Å². The van der Waals surface area contributed by atoms with Gasteiger partial charge in [-0.1, -0.05) is 6.07 Å². The Bertz CT molecular complexity index is 829. The van der Waals surface area contributed by atoms with Crippen molar-refractivity contribution in [2.24, 2.45) is 7.05 Å². The molecule has 0 atom stereocenters. The van der Waals surface area contributed by atoms with E-state index in [1.165, 1.54) is 17.7 Å². The summed E-state index contributed by atoms with van der Waals surface area (Å²) < 4.78 is 63.7. The molecule has 0 amide bonds. The van der Waals surface area contributed by atoms with Gasteiger partial charge < -0.3 is 4.84 Å². The van der Waals surface area contributed by atoms with Gasteiger partial charge in [-0.25, -0.2) is 8.42 Å². The molecule has 0 unspecified atom stereocenters. The van der Waals surface area contributed by atoms with Gasteiger partial charge in [0.2, 0.25) is 0 Å². The second kappa shape index (κ2) is 5.85. The molecule has 2 aromatic rings. The van der Waals surface area contributed by atoms with Crippen LogP contribution in [0.2, 0.25) is 0 Å². The predicted octanol–water partition coefficient (Wildman–Crippen LogP) is 2.33. The van der Waals surface area contributed by atoms with Crippen LogP contribution in [0, 0.1) is 13.8 Å². The van der Waals surface area contributed by atoms with E-state index in [4.69, 9.17) is 4.84 Å². The van der Waals surface area contributed by atoms with E-state index in [1.54, 1.807) is 14.0 Å². The van der Waals surface area contributed by atoms with Crippen LogP contribution in [0.25, 0.3) is 0 Å². The first-order chi connectivity index (χ1) is 10.5. The third-order valence-electron chi connectivity index (χ3n) is 3.14. The number of alkyl halides is 3. The lowest BCUT2D eigenvalue weighted by Gasteiger charge is -2.11. The number of nitrogens with one attached hydrogen (secondary N) is 1. The van der Waals surface area contributed by atoms with E-state index >= 15 is 0 Å². The second-order valence-electron chi connectivity index (χ2n) is 4.84. The smallest absolute Gasteiger partial charge is 0.394 e. The number of aromatic nitrogens is 2. The molecule has 1 N–H and O–H groups in total. The van der Waals surface area contributed by atoms with Gasteiger partial charge in [0.15, 0.2) is 0 Å². The molecule has 2 rings (SSSR count). The summed E-state index contributed by atoms with van der Waals surface area (Å²) in [6.45, 7) is 3.06. The van der Waals surface area contributed by atoms with Crippen LogP contribution in [-0.2, 0) is 23.2 Å². The zero-order chi connectivity index (χ0) is 17.4. The molecule has 10 heteroatoms. The zero-order valence-corrected chi connectivity index (χ0v) is 13.3. The molecule has 0 aliphatic carbocycles. The number of halogens is 3. The summed E-state index contributed by atoms with van der Waals surface area (Å²) in [6.07, 6.45) is -4.55. The molecule has 6 nitrogen and oxygen atoms in total. The fraction of sp³-hybridized carbons (Fsp3) is 0.308. The molecule has 1 heterocycles. The van der Waals surface area contributed by atoms with Crippen LogP contribution in [0.4, 0.5) is 13.2 Å². The first-order valence-corrected chi connectivity index (χ1v) is 7.87. The molecule has 0 aliphatic heterocycles. The first-order valence-electron chi connectivity index (χ1n) is 6.38. The van der Waals surface area contributed by atoms with Gasteiger partial charge in [0.25, 0.3) is 10.0 Å². The van der Waals surface area contributed by atoms with Crippen LogP contribution in [0.3, 0.4) is 0 Å². The van der Waals surface area contributed by atoms with Crippen molar-refractivity contribution in [2.45, 2.75) is 24.9 Å². The van der Waals surface area contributed by atoms with Gasteiger partial charge in [-0.2, -0.15) is 18.3 Å². The summed E-state index contributed by atoms with van der Waals surface area (Å²) >= 11 is 0. The molecule has 0 spiro atoms. The Morgan fingerprint density at radius 1 is 1.26 bits per heavy atom. The number of sulfonamides is 1. The molecular weight excluding hydrogens is 335 g/mol. The first kappa shape index (κ1) is 17.3. The van der Waals surface area contributed by atoms with Crippen LogP contribution in [0.15, 0.2) is 29.2 Å². The highest BCUT2D eigenvalue weighted by Crippen LogP contribution is 2.31. The Hall–Kier alpha value is -2.07. The summed E-state index contributed by atoms with van der Waals surface area (Å²) in [6, 6.07) is 3.88. The number of rotatable bonds is 4. The number of hydrogen-bond donors (Lipinski definition) is 1. The maximum absolute atomic E-state index is 12.6. The van der Waals surface area contributed by atoms with Crippen molar-refractivity contribution in [3.63, 3.8) is 0 Å². The van der Waals surface area contributed by atoms with E-state index in [0.29, 0.717) is 11.8 Å². The molecule has 0 saturated carbocycles. The van der Waals surface area contributed by atoms with E-state index in [9.17, 15) is 21.6 Å². The average molecular weight is 349 g/mol. The minimum Gasteiger partial charge on any atom is -0.394 e. The van der Waals surface area contributed by atoms with Crippen LogP contribution >= 0.6 is 0 Å². The van der Waals surface area contributed by atoms with Crippen molar-refractivity contribution in [2.75, 3.05) is 0 Å². The van der Waals surface area contributed by atoms with Crippen LogP contribution in [-0.4, -0.2) is 18.2 Å². The quantitative estimate of drug-likeness (QED) is 0.860. The van der Waals surface area contributed by atoms with Gasteiger partial charge in [0.05, 0.1) is 17.0 Å². The average Bonchev–Trinajstić information content (AvgIpc) is 2.70. The minimum absolute atomic E-state index is 0.0769. The maximum atomic E-state index is 12.6. The van der Waals surface area contributed by atoms with Gasteiger partial charge >= 0.3 is 6.18 Å². The van der Waals surface area contributed by atoms with Crippen molar-refractivity contribution >= 4 is 10.0 Å². The largest absolute Gasteiger partial charge is 0.416 e. The molecule has 1 aromatic carbocycles. The van der Waals surface area contributed by atoms with Gasteiger partial charge in [-0.3, -0.25) is 4.68 Å². The number of benzene rings is 1. The van der Waals surface area contributed by atoms with Crippen molar-refractivity contribution < 1.29 is 26.4 Å². The third kappa shape index (κ3) is 3.64. The zero-order valence-electron chi connectivity index (χ0n) is 12.5. The van der Waals surface area contributed by atoms with Gasteiger partial charge in [0, 0.05) is 7.05 Å². The fourth-order valence-corrected chi connectivity index (χ4v) is 3.26. The minimum atomic E-state index is -4.55. The Kier molecular flexibility index (Phi) is 4.40. The Morgan fingerprint density at radius 2 is 1.91 bits per heavy atom. The summed E-state index contributed by atoms with van der Waals surface area (Å²) in [5, 5.41) is 3.97. The van der Waals surface area contributed by atoms with E-state index in [2.05, 4.69) is 5.10 Å². The molecule has 0 saturated heterocycles. The molecule has 126 valence electrons. The van der Waals surface area contributed by atoms with Gasteiger partial charge in [0.1, 0.15) is 10.6 Å². The van der Waals surface area contributed by atoms with E-state index < -0.39 is 21.8 Å². The summed E-state index contributed by atoms with van der Waals surface area (Å²) in [4.78, 5) is 6.55. The summed E-state index contributed by atoms with van der Waals surface area (Å²) in [5.74, 6) is -0.275. The van der Waals surface area contributed by atoms with E-state index in [-0.39, 0.29) is 16.3 Å². The normalized spacial score (nSPS) is 12.4. The summed E-state index contributed by atoms with van der Waals surface area (Å²) in [7, 11) is -2.51. The standard InChI is InChI=1S/C13H14F3N3O3S/c1-8-12(9(2)19(3)17-8)23(20,21)18-22-11-6-4-5-10(7-11)13(14,15)16/h4-7,18H,1-3H3. The Morgan fingerprint density at radius 3 is 2.43 bits per heavy atom. The molecule has 23 heavy (non-hydrogen) atoms. The van der Waals surface area contributed by atoms with Gasteiger partial charge in [-0.15, -0.1) is 0 Å². The van der Waals surface area contributed by atoms with Crippen molar-refractivity contribution in [1.29, 1.82) is 0 Å². The lowest BCUT2D eigenvalue weighted by atomic mass is 10.2. The van der Waals surface area contributed by atoms with Crippen LogP contribution < -0.4 is 9.72 Å². The third-order valence-corrected chi connectivity index (χ3v) is 4.57. The molecule has 0 bridgehead atoms. The monoisotopic (exact) mass is 349 g/mol. The molecule has 0 radical (unpaired) electrons. The van der Waals surface area contributed by atoms with E-state index in [0.717, 1.165) is 12.1 Å². The lowest BCUT2D eigenvalue weighted by molar-refractivity contribution is -0.137. The van der Waals surface area contributed by atoms with Crippen molar-refractivity contribution in [3.05, 3.63) is 41.2 Å². The molecular formula is C13H14F3N3O3S. The van der Waals surface area contributed by atoms with Gasteiger partial charge in [-0.05, 0) is 36.9 Å². The maximum Gasteiger partial charge on any atom is 0.416 e. The highest BCUT2D eigenvalue weighted by Gasteiger charge is 2.31. The Balaban J connectivity index is 2.23. The fourth-order valence-electron chi connectivity index (χ4n) is 2.02. The Labute approximate surface area is 130 Å². The summed E-state index contributed by atoms with van der Waals surface area (Å²) in [5.41, 5.74) is -0.310. The van der Waals surface area contributed by atoms with Crippen molar-refractivity contribution in [1.82, 2.24) is 14.7 Å². The molecule has 0 aliphatic rings. The number of hydrogen-bond acceptors (Lipinski definition) is 4. The second-order valence-corrected chi connectivity index (χ2v) is 6.42. The SMILES string of the molecule is Cc1nn(C)c(C)c1S(=O)(=O)NOc1cccc(C(F)(F)F)c1. The highest BCUT2D eigenvalue weighted by atomic mass is 32.2. The molecule has 0 fully saturated rings.